The molecule has 8 aromatic rings. The van der Waals surface area contributed by atoms with Crippen molar-refractivity contribution in [3.63, 3.8) is 0 Å². The first kappa shape index (κ1) is 29.1. The van der Waals surface area contributed by atoms with Crippen LogP contribution >= 0.6 is 0 Å². The van der Waals surface area contributed by atoms with Crippen LogP contribution < -0.4 is 0 Å². The van der Waals surface area contributed by atoms with Crippen molar-refractivity contribution in [1.82, 2.24) is 9.13 Å². The Hall–Kier alpha value is -6.31. The lowest BCUT2D eigenvalue weighted by Gasteiger charge is -2.20. The maximum atomic E-state index is 13.9. The molecule has 2 aromatic heterocycles. The minimum atomic E-state index is -4.61. The van der Waals surface area contributed by atoms with Gasteiger partial charge in [-0.3, -0.25) is 0 Å². The topological polar surface area (TPSA) is 38.0 Å². The molecule has 7 heteroatoms. The summed E-state index contributed by atoms with van der Waals surface area (Å²) >= 11 is 0. The third-order valence-corrected chi connectivity index (χ3v) is 9.26. The van der Waals surface area contributed by atoms with E-state index in [9.17, 15) is 18.4 Å². The van der Waals surface area contributed by atoms with Gasteiger partial charge in [0.05, 0.1) is 51.5 Å². The van der Waals surface area contributed by atoms with E-state index in [0.717, 1.165) is 66.9 Å². The molecule has 0 amide bonds. The molecule has 0 saturated carbocycles. The summed E-state index contributed by atoms with van der Waals surface area (Å²) in [4.78, 5) is 4.04. The predicted octanol–water partition coefficient (Wildman–Crippen LogP) is 11.6. The molecule has 0 atom stereocenters. The zero-order valence-electron chi connectivity index (χ0n) is 25.9. The van der Waals surface area contributed by atoms with E-state index in [4.69, 9.17) is 6.57 Å². The molecule has 6 aromatic carbocycles. The molecule has 8 rings (SSSR count). The van der Waals surface area contributed by atoms with Crippen molar-refractivity contribution in [3.05, 3.63) is 149 Å². The van der Waals surface area contributed by atoms with E-state index in [-0.39, 0.29) is 5.56 Å². The molecule has 0 unspecified atom stereocenters. The van der Waals surface area contributed by atoms with Gasteiger partial charge >= 0.3 is 6.18 Å². The fraction of sp³-hybridized carbons (Fsp3) is 0.0732. The Kier molecular flexibility index (Phi) is 6.44. The highest BCUT2D eigenvalue weighted by Crippen LogP contribution is 2.45. The zero-order valence-corrected chi connectivity index (χ0v) is 25.9. The largest absolute Gasteiger partial charge is 0.416 e. The molecule has 0 saturated heterocycles. The molecule has 0 aliphatic rings. The second kappa shape index (κ2) is 10.6. The number of rotatable bonds is 3. The second-order valence-electron chi connectivity index (χ2n) is 12.0. The number of alkyl halides is 3. The first-order valence-electron chi connectivity index (χ1n) is 15.4. The van der Waals surface area contributed by atoms with Crippen LogP contribution in [-0.4, -0.2) is 9.13 Å². The third kappa shape index (κ3) is 4.22. The first-order valence-corrected chi connectivity index (χ1v) is 15.4. The van der Waals surface area contributed by atoms with Crippen LogP contribution in [-0.2, 0) is 6.18 Å². The van der Waals surface area contributed by atoms with Crippen molar-refractivity contribution in [3.8, 4) is 28.6 Å². The van der Waals surface area contributed by atoms with Crippen molar-refractivity contribution in [2.45, 2.75) is 20.0 Å². The normalized spacial score (nSPS) is 11.8. The lowest BCUT2D eigenvalue weighted by molar-refractivity contribution is -0.137. The van der Waals surface area contributed by atoms with E-state index in [0.29, 0.717) is 28.2 Å². The zero-order chi connectivity index (χ0) is 33.3. The number of aromatic nitrogens is 2. The summed E-state index contributed by atoms with van der Waals surface area (Å²) in [5.41, 5.74) is 7.11. The summed E-state index contributed by atoms with van der Waals surface area (Å²) < 4.78 is 45.7. The monoisotopic (exact) mass is 630 g/mol. The summed E-state index contributed by atoms with van der Waals surface area (Å²) in [5.74, 6) is 0. The smallest absolute Gasteiger partial charge is 0.319 e. The summed E-state index contributed by atoms with van der Waals surface area (Å²) in [7, 11) is 0. The Bertz CT molecular complexity index is 2710. The molecule has 48 heavy (non-hydrogen) atoms. The van der Waals surface area contributed by atoms with Crippen molar-refractivity contribution >= 4 is 49.3 Å². The summed E-state index contributed by atoms with van der Waals surface area (Å²) in [6.45, 7) is 12.5. The fourth-order valence-corrected chi connectivity index (χ4v) is 7.20. The van der Waals surface area contributed by atoms with Crippen molar-refractivity contribution in [2.75, 3.05) is 0 Å². The van der Waals surface area contributed by atoms with Gasteiger partial charge in [0.25, 0.3) is 0 Å². The van der Waals surface area contributed by atoms with Crippen LogP contribution in [0.25, 0.3) is 71.0 Å². The summed E-state index contributed by atoms with van der Waals surface area (Å²) in [5, 5.41) is 14.4. The van der Waals surface area contributed by atoms with E-state index in [2.05, 4.69) is 28.5 Å². The van der Waals surface area contributed by atoms with E-state index in [1.54, 1.807) is 6.07 Å². The molecule has 0 spiro atoms. The van der Waals surface area contributed by atoms with Crippen LogP contribution in [0.3, 0.4) is 0 Å². The maximum absolute atomic E-state index is 13.9. The first-order chi connectivity index (χ1) is 23.2. The number of aryl methyl sites for hydroxylation is 2. The van der Waals surface area contributed by atoms with Gasteiger partial charge in [-0.25, -0.2) is 4.85 Å². The van der Waals surface area contributed by atoms with Gasteiger partial charge < -0.3 is 9.13 Å². The number of benzene rings is 6. The van der Waals surface area contributed by atoms with Crippen LogP contribution in [0.4, 0.5) is 18.9 Å². The molecule has 0 fully saturated rings. The Balaban J connectivity index is 1.56. The fourth-order valence-electron chi connectivity index (χ4n) is 7.20. The second-order valence-corrected chi connectivity index (χ2v) is 12.0. The van der Waals surface area contributed by atoms with Gasteiger partial charge in [-0.2, -0.15) is 18.4 Å². The van der Waals surface area contributed by atoms with Crippen molar-refractivity contribution < 1.29 is 13.2 Å². The average molecular weight is 631 g/mol. The van der Waals surface area contributed by atoms with E-state index in [1.165, 1.54) is 6.07 Å². The molecule has 0 radical (unpaired) electrons. The lowest BCUT2D eigenvalue weighted by atomic mass is 9.95. The van der Waals surface area contributed by atoms with Gasteiger partial charge in [0.1, 0.15) is 0 Å². The molecule has 0 aliphatic carbocycles. The van der Waals surface area contributed by atoms with E-state index < -0.39 is 11.7 Å². The van der Waals surface area contributed by atoms with Gasteiger partial charge in [-0.05, 0) is 73.5 Å². The summed E-state index contributed by atoms with van der Waals surface area (Å²) in [6, 6.07) is 37.0. The Labute approximate surface area is 273 Å². The molecule has 0 bridgehead atoms. The third-order valence-electron chi connectivity index (χ3n) is 9.26. The highest BCUT2D eigenvalue weighted by Gasteiger charge is 2.32. The molecule has 4 nitrogen and oxygen atoms in total. The SMILES string of the molecule is [C-]#[N+]c1cc(-n2c3ccccc3c3c(C)cccc32)c(-c2ccc(C(F)(F)F)cc2C#N)cc1-n1c2ccccc2c2c(C)cccc21. The molecule has 0 aliphatic heterocycles. The Morgan fingerprint density at radius 3 is 1.71 bits per heavy atom. The minimum absolute atomic E-state index is 0.109. The van der Waals surface area contributed by atoms with Crippen LogP contribution in [0.2, 0.25) is 0 Å². The number of nitriles is 1. The van der Waals surface area contributed by atoms with Crippen LogP contribution in [0.5, 0.6) is 0 Å². The standard InChI is InChI=1S/C41H25F3N4/c1-24-10-8-16-35-39(24)29-12-4-6-14-33(29)47(35)37-22-32(46-3)38(21-31(37)28-19-18-27(41(42,43)44)20-26(28)23-45)48-34-15-7-5-13-30(34)40-25(2)11-9-17-36(40)48/h4-22H,1-2H3. The number of para-hydroxylation sites is 2. The van der Waals surface area contributed by atoms with Crippen molar-refractivity contribution in [1.29, 1.82) is 5.26 Å². The van der Waals surface area contributed by atoms with Gasteiger partial charge in [0.2, 0.25) is 5.69 Å². The average Bonchev–Trinajstić information content (AvgIpc) is 3.61. The summed E-state index contributed by atoms with van der Waals surface area (Å²) in [6.07, 6.45) is -4.61. The van der Waals surface area contributed by atoms with Gasteiger partial charge in [-0.15, -0.1) is 0 Å². The highest BCUT2D eigenvalue weighted by molar-refractivity contribution is 6.13. The lowest BCUT2D eigenvalue weighted by Crippen LogP contribution is -2.06. The Morgan fingerprint density at radius 1 is 0.625 bits per heavy atom. The van der Waals surface area contributed by atoms with E-state index >= 15 is 0 Å². The molecular weight excluding hydrogens is 605 g/mol. The minimum Gasteiger partial charge on any atom is -0.319 e. The molecule has 230 valence electrons. The Morgan fingerprint density at radius 2 is 1.17 bits per heavy atom. The molecular formula is C41H25F3N4. The number of fused-ring (bicyclic) bond motifs is 6. The number of hydrogen-bond acceptors (Lipinski definition) is 1. The number of halogens is 3. The van der Waals surface area contributed by atoms with Gasteiger partial charge in [0, 0.05) is 38.4 Å². The highest BCUT2D eigenvalue weighted by atomic mass is 19.4. The molecule has 0 N–H and O–H groups in total. The quantitative estimate of drug-likeness (QED) is 0.179. The molecule has 2 heterocycles. The van der Waals surface area contributed by atoms with Crippen LogP contribution in [0.15, 0.2) is 115 Å². The van der Waals surface area contributed by atoms with Crippen molar-refractivity contribution in [2.24, 2.45) is 0 Å². The van der Waals surface area contributed by atoms with E-state index in [1.807, 2.05) is 96.4 Å². The van der Waals surface area contributed by atoms with Crippen LogP contribution in [0, 0.1) is 31.8 Å². The number of nitrogens with zero attached hydrogens (tertiary/aromatic N) is 4. The predicted molar refractivity (Wildman–Crippen MR) is 186 cm³/mol. The number of hydrogen-bond donors (Lipinski definition) is 0. The van der Waals surface area contributed by atoms with Gasteiger partial charge in [-0.1, -0.05) is 66.7 Å². The maximum Gasteiger partial charge on any atom is 0.416 e. The van der Waals surface area contributed by atoms with Crippen LogP contribution in [0.1, 0.15) is 22.3 Å². The van der Waals surface area contributed by atoms with Gasteiger partial charge in [0.15, 0.2) is 0 Å².